The van der Waals surface area contributed by atoms with Gasteiger partial charge >= 0.3 is 12.1 Å². The van der Waals surface area contributed by atoms with Crippen molar-refractivity contribution in [3.05, 3.63) is 64.7 Å². The van der Waals surface area contributed by atoms with E-state index in [2.05, 4.69) is 17.0 Å². The molecule has 0 aliphatic carbocycles. The zero-order valence-electron chi connectivity index (χ0n) is 12.7. The summed E-state index contributed by atoms with van der Waals surface area (Å²) in [4.78, 5) is 13.3. The van der Waals surface area contributed by atoms with Gasteiger partial charge in [0.2, 0.25) is 0 Å². The van der Waals surface area contributed by atoms with E-state index in [0.717, 1.165) is 18.5 Å². The number of anilines is 1. The number of halogens is 3. The number of nitrogens with zero attached hydrogens (tertiary/aromatic N) is 1. The number of hydrogen-bond donors (Lipinski definition) is 1. The summed E-state index contributed by atoms with van der Waals surface area (Å²) >= 11 is 0. The van der Waals surface area contributed by atoms with Crippen LogP contribution in [0.5, 0.6) is 0 Å². The number of benzene rings is 2. The van der Waals surface area contributed by atoms with Crippen molar-refractivity contribution in [2.45, 2.75) is 31.7 Å². The second-order valence-electron chi connectivity index (χ2n) is 6.19. The highest BCUT2D eigenvalue weighted by molar-refractivity contribution is 5.81. The van der Waals surface area contributed by atoms with Crippen LogP contribution in [0.4, 0.5) is 18.9 Å². The molecule has 0 spiro atoms. The fraction of sp³-hybridized carbons (Fsp3) is 0.278. The van der Waals surface area contributed by atoms with Gasteiger partial charge in [-0.1, -0.05) is 36.4 Å². The van der Waals surface area contributed by atoms with E-state index in [-0.39, 0.29) is 6.54 Å². The highest BCUT2D eigenvalue weighted by Gasteiger charge is 2.39. The summed E-state index contributed by atoms with van der Waals surface area (Å²) < 4.78 is 36.7. The maximum Gasteiger partial charge on any atom is 0.471 e. The van der Waals surface area contributed by atoms with Crippen molar-refractivity contribution in [3.8, 4) is 0 Å². The molecule has 0 aromatic heterocycles. The Kier molecular flexibility index (Phi) is 3.30. The third-order valence-corrected chi connectivity index (χ3v) is 4.71. The molecule has 2 aliphatic heterocycles. The normalized spacial score (nSPS) is 18.1. The number of alkyl halides is 3. The minimum Gasteiger partial charge on any atom is -0.360 e. The van der Waals surface area contributed by atoms with Crippen molar-refractivity contribution in [1.82, 2.24) is 5.32 Å². The molecule has 6 heteroatoms. The lowest BCUT2D eigenvalue weighted by Gasteiger charge is -2.18. The van der Waals surface area contributed by atoms with Crippen LogP contribution in [0, 0.1) is 0 Å². The van der Waals surface area contributed by atoms with Crippen LogP contribution in [0.2, 0.25) is 0 Å². The highest BCUT2D eigenvalue weighted by atomic mass is 19.4. The minimum absolute atomic E-state index is 0.118. The molecule has 124 valence electrons. The molecule has 2 aromatic rings. The Hall–Kier alpha value is -2.50. The van der Waals surface area contributed by atoms with E-state index < -0.39 is 12.1 Å². The largest absolute Gasteiger partial charge is 0.471 e. The number of hydrogen-bond acceptors (Lipinski definition) is 2. The van der Waals surface area contributed by atoms with Gasteiger partial charge in [0, 0.05) is 18.8 Å². The molecular weight excluding hydrogens is 317 g/mol. The smallest absolute Gasteiger partial charge is 0.360 e. The number of carbonyl (C=O) groups is 1. The predicted octanol–water partition coefficient (Wildman–Crippen LogP) is 3.48. The number of fused-ring (bicyclic) bond motifs is 5. The van der Waals surface area contributed by atoms with E-state index in [9.17, 15) is 18.0 Å². The van der Waals surface area contributed by atoms with E-state index >= 15 is 0 Å². The van der Waals surface area contributed by atoms with E-state index in [1.54, 1.807) is 6.07 Å². The van der Waals surface area contributed by atoms with Gasteiger partial charge in [-0.3, -0.25) is 4.79 Å². The van der Waals surface area contributed by atoms with Gasteiger partial charge in [0.05, 0.1) is 6.04 Å². The predicted molar refractivity (Wildman–Crippen MR) is 83.4 cm³/mol. The van der Waals surface area contributed by atoms with Gasteiger partial charge < -0.3 is 10.2 Å². The first-order valence-electron chi connectivity index (χ1n) is 7.75. The van der Waals surface area contributed by atoms with Gasteiger partial charge in [-0.05, 0) is 34.7 Å². The standard InChI is InChI=1S/C18H15F3N2O/c19-18(20,21)17(24)22-9-11-5-6-14-13(7-11)10-23-15-4-2-1-3-12(15)8-16(14)23/h1-7,16H,8-10H2,(H,22,24). The van der Waals surface area contributed by atoms with Gasteiger partial charge in [-0.25, -0.2) is 0 Å². The molecule has 1 amide bonds. The fourth-order valence-electron chi connectivity index (χ4n) is 3.62. The van der Waals surface area contributed by atoms with Crippen molar-refractivity contribution in [3.63, 3.8) is 0 Å². The number of nitrogens with one attached hydrogen (secondary N) is 1. The lowest BCUT2D eigenvalue weighted by Crippen LogP contribution is -2.36. The Balaban J connectivity index is 1.52. The molecular formula is C18H15F3N2O. The molecule has 4 rings (SSSR count). The summed E-state index contributed by atoms with van der Waals surface area (Å²) in [5.74, 6) is -1.91. The Labute approximate surface area is 137 Å². The van der Waals surface area contributed by atoms with Crippen LogP contribution in [0.15, 0.2) is 42.5 Å². The molecule has 1 atom stereocenters. The number of carbonyl (C=O) groups excluding carboxylic acids is 1. The molecule has 0 fully saturated rings. The molecule has 2 heterocycles. The molecule has 1 N–H and O–H groups in total. The van der Waals surface area contributed by atoms with E-state index in [1.807, 2.05) is 29.6 Å². The summed E-state index contributed by atoms with van der Waals surface area (Å²) in [5, 5.41) is 1.92. The molecule has 3 nitrogen and oxygen atoms in total. The first kappa shape index (κ1) is 15.1. The molecule has 0 radical (unpaired) electrons. The second-order valence-corrected chi connectivity index (χ2v) is 6.19. The summed E-state index contributed by atoms with van der Waals surface area (Å²) in [7, 11) is 0. The van der Waals surface area contributed by atoms with Crippen molar-refractivity contribution in [1.29, 1.82) is 0 Å². The first-order chi connectivity index (χ1) is 11.4. The average molecular weight is 332 g/mol. The first-order valence-corrected chi connectivity index (χ1v) is 7.75. The molecule has 0 saturated carbocycles. The monoisotopic (exact) mass is 332 g/mol. The van der Waals surface area contributed by atoms with Crippen LogP contribution in [0.1, 0.15) is 28.3 Å². The lowest BCUT2D eigenvalue weighted by atomic mass is 9.98. The van der Waals surface area contributed by atoms with Crippen molar-refractivity contribution in [2.24, 2.45) is 0 Å². The zero-order valence-corrected chi connectivity index (χ0v) is 12.7. The number of amides is 1. The van der Waals surface area contributed by atoms with Crippen LogP contribution < -0.4 is 10.2 Å². The molecule has 1 unspecified atom stereocenters. The van der Waals surface area contributed by atoms with Crippen LogP contribution in [-0.2, 0) is 24.3 Å². The summed E-state index contributed by atoms with van der Waals surface area (Å²) in [6.07, 6.45) is -3.89. The summed E-state index contributed by atoms with van der Waals surface area (Å²) in [6, 6.07) is 14.3. The number of rotatable bonds is 2. The maximum atomic E-state index is 12.2. The minimum atomic E-state index is -4.84. The fourth-order valence-corrected chi connectivity index (χ4v) is 3.62. The molecule has 0 saturated heterocycles. The number of para-hydroxylation sites is 1. The molecule has 2 aromatic carbocycles. The van der Waals surface area contributed by atoms with Crippen LogP contribution in [-0.4, -0.2) is 12.1 Å². The van der Waals surface area contributed by atoms with Crippen LogP contribution in [0.3, 0.4) is 0 Å². The summed E-state index contributed by atoms with van der Waals surface area (Å²) in [6.45, 7) is 0.630. The molecule has 2 aliphatic rings. The Morgan fingerprint density at radius 2 is 1.96 bits per heavy atom. The maximum absolute atomic E-state index is 12.2. The summed E-state index contributed by atoms with van der Waals surface area (Å²) in [5.41, 5.74) is 5.58. The van der Waals surface area contributed by atoms with E-state index in [1.165, 1.54) is 16.8 Å². The van der Waals surface area contributed by atoms with Gasteiger partial charge in [0.1, 0.15) is 0 Å². The van der Waals surface area contributed by atoms with E-state index in [4.69, 9.17) is 0 Å². The Morgan fingerprint density at radius 3 is 2.75 bits per heavy atom. The Morgan fingerprint density at radius 1 is 1.17 bits per heavy atom. The quantitative estimate of drug-likeness (QED) is 0.913. The van der Waals surface area contributed by atoms with Gasteiger partial charge in [0.15, 0.2) is 0 Å². The van der Waals surface area contributed by atoms with E-state index in [0.29, 0.717) is 11.6 Å². The van der Waals surface area contributed by atoms with Crippen LogP contribution in [0.25, 0.3) is 0 Å². The average Bonchev–Trinajstić information content (AvgIpc) is 3.07. The van der Waals surface area contributed by atoms with Crippen molar-refractivity contribution < 1.29 is 18.0 Å². The van der Waals surface area contributed by atoms with Crippen LogP contribution >= 0.6 is 0 Å². The zero-order chi connectivity index (χ0) is 16.9. The van der Waals surface area contributed by atoms with Gasteiger partial charge in [0.25, 0.3) is 0 Å². The lowest BCUT2D eigenvalue weighted by molar-refractivity contribution is -0.173. The topological polar surface area (TPSA) is 32.3 Å². The SMILES string of the molecule is O=C(NCc1ccc2c(c1)CN1c3ccccc3CC21)C(F)(F)F. The molecule has 24 heavy (non-hydrogen) atoms. The van der Waals surface area contributed by atoms with Crippen molar-refractivity contribution >= 4 is 11.6 Å². The van der Waals surface area contributed by atoms with Gasteiger partial charge in [-0.15, -0.1) is 0 Å². The third-order valence-electron chi connectivity index (χ3n) is 4.71. The highest BCUT2D eigenvalue weighted by Crippen LogP contribution is 2.46. The van der Waals surface area contributed by atoms with Gasteiger partial charge in [-0.2, -0.15) is 13.2 Å². The Bertz CT molecular complexity index is 816. The second kappa shape index (κ2) is 5.26. The van der Waals surface area contributed by atoms with Crippen molar-refractivity contribution in [2.75, 3.05) is 4.90 Å². The third kappa shape index (κ3) is 2.42. The molecule has 0 bridgehead atoms.